The molecule has 0 saturated carbocycles. The number of aromatic nitrogens is 2. The van der Waals surface area contributed by atoms with Crippen molar-refractivity contribution in [3.63, 3.8) is 0 Å². The van der Waals surface area contributed by atoms with Crippen LogP contribution in [0.15, 0.2) is 54.7 Å². The highest BCUT2D eigenvalue weighted by molar-refractivity contribution is 5.89. The second-order valence-electron chi connectivity index (χ2n) is 7.61. The molecule has 0 saturated heterocycles. The van der Waals surface area contributed by atoms with Gasteiger partial charge in [0.2, 0.25) is 0 Å². The number of hydrogen-bond acceptors (Lipinski definition) is 3. The Bertz CT molecular complexity index is 1000. The van der Waals surface area contributed by atoms with Crippen LogP contribution < -0.4 is 5.32 Å². The van der Waals surface area contributed by atoms with E-state index < -0.39 is 11.7 Å². The molecule has 5 nitrogen and oxygen atoms in total. The molecule has 0 unspecified atom stereocenters. The summed E-state index contributed by atoms with van der Waals surface area (Å²) in [6.45, 7) is 7.36. The average molecular weight is 381 g/mol. The second kappa shape index (κ2) is 7.84. The monoisotopic (exact) mass is 381 g/mol. The Morgan fingerprint density at radius 1 is 1.21 bits per heavy atom. The normalized spacial score (nSPS) is 13.0. The highest BCUT2D eigenvalue weighted by Crippen LogP contribution is 2.23. The number of rotatable bonds is 4. The molecule has 0 spiro atoms. The van der Waals surface area contributed by atoms with Crippen LogP contribution in [0.2, 0.25) is 0 Å². The molecule has 6 heteroatoms. The lowest BCUT2D eigenvalue weighted by atomic mass is 10.1. The first-order valence-electron chi connectivity index (χ1n) is 9.13. The van der Waals surface area contributed by atoms with Gasteiger partial charge in [-0.05, 0) is 63.6 Å². The highest BCUT2D eigenvalue weighted by Gasteiger charge is 2.16. The smallest absolute Gasteiger partial charge is 0.408 e. The number of nitrogens with zero attached hydrogens (tertiary/aromatic N) is 2. The van der Waals surface area contributed by atoms with Gasteiger partial charge in [-0.15, -0.1) is 0 Å². The van der Waals surface area contributed by atoms with Crippen LogP contribution in [0.1, 0.15) is 33.3 Å². The van der Waals surface area contributed by atoms with Crippen LogP contribution in [-0.2, 0) is 4.74 Å². The van der Waals surface area contributed by atoms with Crippen molar-refractivity contribution in [3.05, 3.63) is 66.1 Å². The summed E-state index contributed by atoms with van der Waals surface area (Å²) < 4.78 is 20.2. The van der Waals surface area contributed by atoms with Gasteiger partial charge >= 0.3 is 6.09 Å². The van der Waals surface area contributed by atoms with E-state index in [-0.39, 0.29) is 11.9 Å². The van der Waals surface area contributed by atoms with Crippen LogP contribution in [0.4, 0.5) is 9.18 Å². The Morgan fingerprint density at radius 2 is 1.93 bits per heavy atom. The molecule has 0 aliphatic heterocycles. The van der Waals surface area contributed by atoms with Crippen molar-refractivity contribution < 1.29 is 13.9 Å². The summed E-state index contributed by atoms with van der Waals surface area (Å²) in [6, 6.07) is 11.9. The van der Waals surface area contributed by atoms with Gasteiger partial charge in [0, 0.05) is 11.4 Å². The van der Waals surface area contributed by atoms with E-state index in [2.05, 4.69) is 10.4 Å². The minimum absolute atomic E-state index is 0.197. The van der Waals surface area contributed by atoms with E-state index in [1.54, 1.807) is 23.0 Å². The Morgan fingerprint density at radius 3 is 2.61 bits per heavy atom. The van der Waals surface area contributed by atoms with Crippen LogP contribution in [0.25, 0.3) is 22.7 Å². The van der Waals surface area contributed by atoms with E-state index in [0.717, 1.165) is 22.2 Å². The molecule has 0 aliphatic carbocycles. The molecule has 1 aromatic heterocycles. The molecule has 28 heavy (non-hydrogen) atoms. The summed E-state index contributed by atoms with van der Waals surface area (Å²) in [5.74, 6) is -0.282. The lowest BCUT2D eigenvalue weighted by Gasteiger charge is -2.21. The summed E-state index contributed by atoms with van der Waals surface area (Å²) in [5, 5.41) is 8.19. The maximum Gasteiger partial charge on any atom is 0.408 e. The van der Waals surface area contributed by atoms with Gasteiger partial charge < -0.3 is 10.1 Å². The average Bonchev–Trinajstić information content (AvgIpc) is 3.03. The zero-order valence-corrected chi connectivity index (χ0v) is 16.4. The van der Waals surface area contributed by atoms with Gasteiger partial charge in [-0.2, -0.15) is 5.10 Å². The fourth-order valence-corrected chi connectivity index (χ4v) is 2.80. The third kappa shape index (κ3) is 4.76. The number of alkyl carbamates (subject to hydrolysis) is 1. The molecule has 1 heterocycles. The third-order valence-electron chi connectivity index (χ3n) is 4.03. The molecule has 1 atom stereocenters. The number of benzene rings is 2. The maximum absolute atomic E-state index is 13.2. The number of amides is 1. The van der Waals surface area contributed by atoms with E-state index >= 15 is 0 Å². The molecule has 146 valence electrons. The van der Waals surface area contributed by atoms with E-state index in [9.17, 15) is 9.18 Å². The standard InChI is InChI=1S/C22H24FN3O2/c1-15(25-21(27)28-22(2,3)4)8-9-16-6-5-7-20-19(16)14-24-26(20)18-12-10-17(23)11-13-18/h5-15H,1-4H3,(H,25,27)/b9-8+/t15-/m0/s1. The zero-order chi connectivity index (χ0) is 20.3. The molecule has 0 fully saturated rings. The number of fused-ring (bicyclic) bond motifs is 1. The SMILES string of the molecule is C[C@@H](/C=C/c1cccc2c1cnn2-c1ccc(F)cc1)NC(=O)OC(C)(C)C. The van der Waals surface area contributed by atoms with Gasteiger partial charge in [0.1, 0.15) is 11.4 Å². The van der Waals surface area contributed by atoms with Crippen molar-refractivity contribution in [2.75, 3.05) is 0 Å². The van der Waals surface area contributed by atoms with Crippen molar-refractivity contribution >= 4 is 23.1 Å². The number of carbonyl (C=O) groups excluding carboxylic acids is 1. The first-order chi connectivity index (χ1) is 13.2. The summed E-state index contributed by atoms with van der Waals surface area (Å²) in [7, 11) is 0. The molecule has 0 aliphatic rings. The van der Waals surface area contributed by atoms with Gasteiger partial charge in [-0.3, -0.25) is 0 Å². The summed E-state index contributed by atoms with van der Waals surface area (Å²) >= 11 is 0. The van der Waals surface area contributed by atoms with E-state index in [4.69, 9.17) is 4.74 Å². The van der Waals surface area contributed by atoms with Gasteiger partial charge in [0.15, 0.2) is 0 Å². The summed E-state index contributed by atoms with van der Waals surface area (Å²) in [6.07, 6.45) is 5.17. The molecular weight excluding hydrogens is 357 g/mol. The minimum atomic E-state index is -0.534. The van der Waals surface area contributed by atoms with Gasteiger partial charge in [0.05, 0.1) is 17.4 Å². The number of nitrogens with one attached hydrogen (secondary N) is 1. The Labute approximate surface area is 163 Å². The van der Waals surface area contributed by atoms with Gasteiger partial charge in [-0.1, -0.05) is 24.3 Å². The Hall–Kier alpha value is -3.15. The minimum Gasteiger partial charge on any atom is -0.444 e. The number of halogens is 1. The molecule has 3 rings (SSSR count). The fourth-order valence-electron chi connectivity index (χ4n) is 2.80. The molecule has 0 bridgehead atoms. The third-order valence-corrected chi connectivity index (χ3v) is 4.03. The number of hydrogen-bond donors (Lipinski definition) is 1. The molecule has 3 aromatic rings. The van der Waals surface area contributed by atoms with Crippen LogP contribution in [0, 0.1) is 5.82 Å². The molecule has 2 aromatic carbocycles. The molecular formula is C22H24FN3O2. The predicted molar refractivity (Wildman–Crippen MR) is 109 cm³/mol. The predicted octanol–water partition coefficient (Wildman–Crippen LogP) is 5.09. The molecule has 1 N–H and O–H groups in total. The van der Waals surface area contributed by atoms with Gasteiger partial charge in [0.25, 0.3) is 0 Å². The molecule has 0 radical (unpaired) electrons. The van der Waals surface area contributed by atoms with Crippen molar-refractivity contribution in [2.45, 2.75) is 39.3 Å². The number of ether oxygens (including phenoxy) is 1. The lowest BCUT2D eigenvalue weighted by molar-refractivity contribution is 0.0518. The van der Waals surface area contributed by atoms with E-state index in [1.165, 1.54) is 12.1 Å². The first kappa shape index (κ1) is 19.6. The summed E-state index contributed by atoms with van der Waals surface area (Å²) in [4.78, 5) is 11.9. The highest BCUT2D eigenvalue weighted by atomic mass is 19.1. The van der Waals surface area contributed by atoms with Crippen LogP contribution in [0.5, 0.6) is 0 Å². The summed E-state index contributed by atoms with van der Waals surface area (Å²) in [5.41, 5.74) is 2.15. The van der Waals surface area contributed by atoms with E-state index in [0.29, 0.717) is 0 Å². The van der Waals surface area contributed by atoms with Crippen molar-refractivity contribution in [3.8, 4) is 5.69 Å². The van der Waals surface area contributed by atoms with Crippen LogP contribution in [0.3, 0.4) is 0 Å². The topological polar surface area (TPSA) is 56.2 Å². The first-order valence-corrected chi connectivity index (χ1v) is 9.13. The van der Waals surface area contributed by atoms with Gasteiger partial charge in [-0.25, -0.2) is 13.9 Å². The van der Waals surface area contributed by atoms with Crippen molar-refractivity contribution in [1.82, 2.24) is 15.1 Å². The van der Waals surface area contributed by atoms with Crippen LogP contribution >= 0.6 is 0 Å². The molecule has 1 amide bonds. The Balaban J connectivity index is 1.79. The van der Waals surface area contributed by atoms with Crippen molar-refractivity contribution in [1.29, 1.82) is 0 Å². The quantitative estimate of drug-likeness (QED) is 0.685. The van der Waals surface area contributed by atoms with Crippen molar-refractivity contribution in [2.24, 2.45) is 0 Å². The number of carbonyl (C=O) groups is 1. The lowest BCUT2D eigenvalue weighted by Crippen LogP contribution is -2.36. The Kier molecular flexibility index (Phi) is 5.49. The second-order valence-corrected chi connectivity index (χ2v) is 7.61. The largest absolute Gasteiger partial charge is 0.444 e. The van der Waals surface area contributed by atoms with Crippen LogP contribution in [-0.4, -0.2) is 27.5 Å². The van der Waals surface area contributed by atoms with E-state index in [1.807, 2.05) is 58.0 Å². The maximum atomic E-state index is 13.2. The zero-order valence-electron chi connectivity index (χ0n) is 16.4. The fraction of sp³-hybridized carbons (Fsp3) is 0.273.